The number of hydrazone groups is 1. The van der Waals surface area contributed by atoms with Gasteiger partial charge in [-0.15, -0.1) is 0 Å². The minimum absolute atomic E-state index is 0.115. The number of hydrogen-bond donors (Lipinski definition) is 1. The lowest BCUT2D eigenvalue weighted by Crippen LogP contribution is -2.40. The van der Waals surface area contributed by atoms with Crippen LogP contribution >= 0.6 is 0 Å². The molecule has 1 N–H and O–H groups in total. The molecular formula is C20H24N4O5S. The average Bonchev–Trinajstić information content (AvgIpc) is 2.74. The van der Waals surface area contributed by atoms with E-state index in [2.05, 4.69) is 10.5 Å². The monoisotopic (exact) mass is 432 g/mol. The molecule has 3 rings (SSSR count). The number of nitro groups is 1. The fraction of sp³-hybridized carbons (Fsp3) is 0.350. The van der Waals surface area contributed by atoms with Crippen LogP contribution in [0.4, 0.5) is 11.4 Å². The third-order valence-corrected chi connectivity index (χ3v) is 6.94. The molecule has 0 radical (unpaired) electrons. The van der Waals surface area contributed by atoms with Gasteiger partial charge in [-0.25, -0.2) is 8.42 Å². The van der Waals surface area contributed by atoms with Gasteiger partial charge in [0.25, 0.3) is 5.69 Å². The molecule has 30 heavy (non-hydrogen) atoms. The van der Waals surface area contributed by atoms with E-state index in [4.69, 9.17) is 4.74 Å². The van der Waals surface area contributed by atoms with Gasteiger partial charge in [0, 0.05) is 19.2 Å². The molecule has 0 amide bonds. The van der Waals surface area contributed by atoms with Crippen molar-refractivity contribution in [1.82, 2.24) is 4.31 Å². The van der Waals surface area contributed by atoms with Crippen molar-refractivity contribution in [3.63, 3.8) is 0 Å². The Labute approximate surface area is 175 Å². The van der Waals surface area contributed by atoms with Crippen LogP contribution in [0.2, 0.25) is 0 Å². The predicted molar refractivity (Wildman–Crippen MR) is 114 cm³/mol. The number of morpholine rings is 1. The fourth-order valence-electron chi connectivity index (χ4n) is 3.03. The molecule has 0 spiro atoms. The van der Waals surface area contributed by atoms with Crippen molar-refractivity contribution in [3.8, 4) is 0 Å². The molecular weight excluding hydrogens is 408 g/mol. The summed E-state index contributed by atoms with van der Waals surface area (Å²) in [5, 5.41) is 15.8. The minimum Gasteiger partial charge on any atom is -0.379 e. The number of hydrogen-bond acceptors (Lipinski definition) is 7. The first-order valence-electron chi connectivity index (χ1n) is 9.44. The van der Waals surface area contributed by atoms with Crippen LogP contribution in [0.1, 0.15) is 23.6 Å². The third kappa shape index (κ3) is 4.66. The molecule has 1 heterocycles. The molecule has 0 bridgehead atoms. The molecule has 0 saturated carbocycles. The van der Waals surface area contributed by atoms with Gasteiger partial charge in [0.05, 0.1) is 28.7 Å². The van der Waals surface area contributed by atoms with E-state index in [1.165, 1.54) is 16.4 Å². The summed E-state index contributed by atoms with van der Waals surface area (Å²) < 4.78 is 32.0. The summed E-state index contributed by atoms with van der Waals surface area (Å²) in [6.45, 7) is 6.84. The normalized spacial score (nSPS) is 15.8. The van der Waals surface area contributed by atoms with E-state index in [0.717, 1.165) is 22.8 Å². The van der Waals surface area contributed by atoms with Crippen LogP contribution in [0.25, 0.3) is 0 Å². The van der Waals surface area contributed by atoms with Gasteiger partial charge < -0.3 is 4.74 Å². The molecule has 1 aliphatic rings. The summed E-state index contributed by atoms with van der Waals surface area (Å²) in [7, 11) is -3.83. The van der Waals surface area contributed by atoms with Gasteiger partial charge in [0.1, 0.15) is 5.69 Å². The van der Waals surface area contributed by atoms with E-state index in [0.29, 0.717) is 18.9 Å². The standard InChI is InChI=1S/C20H24N4O5S/c1-14-4-5-17(12-15(14)2)16(3)21-22-19-7-6-18(13-20(19)24(25)26)30(27,28)23-8-10-29-11-9-23/h4-7,12-13,22H,8-11H2,1-3H3/b21-16+. The Hall–Kier alpha value is -2.82. The first-order chi connectivity index (χ1) is 14.2. The smallest absolute Gasteiger partial charge is 0.295 e. The fourth-order valence-corrected chi connectivity index (χ4v) is 4.46. The van der Waals surface area contributed by atoms with Gasteiger partial charge >= 0.3 is 0 Å². The summed E-state index contributed by atoms with van der Waals surface area (Å²) in [5.41, 5.74) is 6.27. The van der Waals surface area contributed by atoms with E-state index in [9.17, 15) is 18.5 Å². The lowest BCUT2D eigenvalue weighted by molar-refractivity contribution is -0.384. The highest BCUT2D eigenvalue weighted by atomic mass is 32.2. The molecule has 0 unspecified atom stereocenters. The molecule has 10 heteroatoms. The van der Waals surface area contributed by atoms with Crippen LogP contribution in [-0.2, 0) is 14.8 Å². The number of nitrogens with one attached hydrogen (secondary N) is 1. The Morgan fingerprint density at radius 2 is 1.83 bits per heavy atom. The Bertz CT molecular complexity index is 1090. The van der Waals surface area contributed by atoms with E-state index >= 15 is 0 Å². The molecule has 1 aliphatic heterocycles. The van der Waals surface area contributed by atoms with Gasteiger partial charge in [-0.2, -0.15) is 9.41 Å². The number of aryl methyl sites for hydroxylation is 2. The lowest BCUT2D eigenvalue weighted by Gasteiger charge is -2.26. The summed E-state index contributed by atoms with van der Waals surface area (Å²) in [6.07, 6.45) is 0. The van der Waals surface area contributed by atoms with Crippen molar-refractivity contribution in [2.45, 2.75) is 25.7 Å². The first kappa shape index (κ1) is 21.9. The number of sulfonamides is 1. The van der Waals surface area contributed by atoms with Crippen LogP contribution in [0.5, 0.6) is 0 Å². The van der Waals surface area contributed by atoms with E-state index in [1.807, 2.05) is 32.0 Å². The molecule has 2 aromatic carbocycles. The maximum absolute atomic E-state index is 12.8. The Morgan fingerprint density at radius 1 is 1.13 bits per heavy atom. The number of benzene rings is 2. The first-order valence-corrected chi connectivity index (χ1v) is 10.9. The zero-order chi connectivity index (χ0) is 21.9. The summed E-state index contributed by atoms with van der Waals surface area (Å²) in [4.78, 5) is 10.8. The van der Waals surface area contributed by atoms with Crippen LogP contribution in [0.15, 0.2) is 46.4 Å². The molecule has 1 fully saturated rings. The Kier molecular flexibility index (Phi) is 6.49. The topological polar surface area (TPSA) is 114 Å². The third-order valence-electron chi connectivity index (χ3n) is 5.04. The van der Waals surface area contributed by atoms with E-state index in [-0.39, 0.29) is 29.4 Å². The van der Waals surface area contributed by atoms with Crippen molar-refractivity contribution in [3.05, 3.63) is 63.2 Å². The lowest BCUT2D eigenvalue weighted by atomic mass is 10.0. The van der Waals surface area contributed by atoms with Crippen LogP contribution in [0, 0.1) is 24.0 Å². The van der Waals surface area contributed by atoms with Crippen molar-refractivity contribution in [2.75, 3.05) is 31.7 Å². The molecule has 1 saturated heterocycles. The van der Waals surface area contributed by atoms with E-state index in [1.54, 1.807) is 6.92 Å². The minimum atomic E-state index is -3.83. The van der Waals surface area contributed by atoms with E-state index < -0.39 is 14.9 Å². The average molecular weight is 433 g/mol. The Balaban J connectivity index is 1.88. The van der Waals surface area contributed by atoms with Gasteiger partial charge in [-0.3, -0.25) is 15.5 Å². The number of anilines is 1. The number of nitro benzene ring substituents is 1. The highest BCUT2D eigenvalue weighted by molar-refractivity contribution is 7.89. The van der Waals surface area contributed by atoms with Crippen LogP contribution in [0.3, 0.4) is 0 Å². The molecule has 2 aromatic rings. The van der Waals surface area contributed by atoms with Gasteiger partial charge in [-0.1, -0.05) is 12.1 Å². The van der Waals surface area contributed by atoms with Gasteiger partial charge in [0.2, 0.25) is 10.0 Å². The molecule has 0 atom stereocenters. The summed E-state index contributed by atoms with van der Waals surface area (Å²) in [6, 6.07) is 9.67. The second-order valence-electron chi connectivity index (χ2n) is 7.06. The second kappa shape index (κ2) is 8.90. The van der Waals surface area contributed by atoms with Crippen LogP contribution in [-0.4, -0.2) is 49.7 Å². The SMILES string of the molecule is C/C(=N\Nc1ccc(S(=O)(=O)N2CCOCC2)cc1[N+](=O)[O-])c1ccc(C)c(C)c1. The highest BCUT2D eigenvalue weighted by Gasteiger charge is 2.28. The van der Waals surface area contributed by atoms with Crippen LogP contribution < -0.4 is 5.43 Å². The summed E-state index contributed by atoms with van der Waals surface area (Å²) >= 11 is 0. The van der Waals surface area contributed by atoms with Gasteiger partial charge in [-0.05, 0) is 55.7 Å². The van der Waals surface area contributed by atoms with Crippen molar-refractivity contribution < 1.29 is 18.1 Å². The summed E-state index contributed by atoms with van der Waals surface area (Å²) in [5.74, 6) is 0. The second-order valence-corrected chi connectivity index (χ2v) is 9.00. The maximum atomic E-state index is 12.8. The molecule has 0 aromatic heterocycles. The quantitative estimate of drug-likeness (QED) is 0.426. The Morgan fingerprint density at radius 3 is 2.47 bits per heavy atom. The predicted octanol–water partition coefficient (Wildman–Crippen LogP) is 3.07. The molecule has 9 nitrogen and oxygen atoms in total. The van der Waals surface area contributed by atoms with Crippen molar-refractivity contribution in [2.24, 2.45) is 5.10 Å². The van der Waals surface area contributed by atoms with Gasteiger partial charge in [0.15, 0.2) is 0 Å². The zero-order valence-corrected chi connectivity index (χ0v) is 17.9. The zero-order valence-electron chi connectivity index (χ0n) is 17.1. The number of ether oxygens (including phenoxy) is 1. The highest BCUT2D eigenvalue weighted by Crippen LogP contribution is 2.29. The number of nitrogens with zero attached hydrogens (tertiary/aromatic N) is 3. The molecule has 0 aliphatic carbocycles. The largest absolute Gasteiger partial charge is 0.379 e. The number of rotatable bonds is 6. The van der Waals surface area contributed by atoms with Crippen molar-refractivity contribution >= 4 is 27.1 Å². The molecule has 160 valence electrons. The van der Waals surface area contributed by atoms with Crippen molar-refractivity contribution in [1.29, 1.82) is 0 Å². The maximum Gasteiger partial charge on any atom is 0.295 e.